The molecule has 2 aromatic carbocycles. The summed E-state index contributed by atoms with van der Waals surface area (Å²) in [4.78, 5) is 36.8. The normalized spacial score (nSPS) is 16.8. The van der Waals surface area contributed by atoms with Crippen LogP contribution in [0.5, 0.6) is 5.75 Å². The van der Waals surface area contributed by atoms with E-state index in [9.17, 15) is 14.4 Å². The summed E-state index contributed by atoms with van der Waals surface area (Å²) in [7, 11) is 1.55. The number of methoxy groups -OCH3 is 1. The van der Waals surface area contributed by atoms with Crippen molar-refractivity contribution in [2.75, 3.05) is 17.3 Å². The van der Waals surface area contributed by atoms with Crippen LogP contribution in [0, 0.1) is 0 Å². The Morgan fingerprint density at radius 3 is 2.56 bits per heavy atom. The van der Waals surface area contributed by atoms with Crippen molar-refractivity contribution in [2.45, 2.75) is 12.5 Å². The molecule has 7 nitrogen and oxygen atoms in total. The number of carbonyl (C=O) groups excluding carboxylic acids is 2. The zero-order valence-electron chi connectivity index (χ0n) is 13.4. The minimum atomic E-state index is -1.07. The number of hydrogen-bond donors (Lipinski definition) is 2. The van der Waals surface area contributed by atoms with Crippen molar-refractivity contribution in [3.8, 4) is 5.75 Å². The van der Waals surface area contributed by atoms with E-state index in [4.69, 9.17) is 9.84 Å². The number of anilines is 2. The third-order valence-corrected chi connectivity index (χ3v) is 3.93. The molecule has 1 atom stereocenters. The molecular formula is C18H16N2O5. The van der Waals surface area contributed by atoms with Crippen molar-refractivity contribution in [1.82, 2.24) is 0 Å². The number of carbonyl (C=O) groups is 3. The number of carboxylic acids is 1. The van der Waals surface area contributed by atoms with E-state index in [1.807, 2.05) is 0 Å². The molecule has 2 aromatic rings. The molecule has 1 heterocycles. The van der Waals surface area contributed by atoms with Crippen molar-refractivity contribution in [1.29, 1.82) is 0 Å². The first-order valence-corrected chi connectivity index (χ1v) is 7.60. The summed E-state index contributed by atoms with van der Waals surface area (Å²) in [6, 6.07) is 12.0. The fraction of sp³-hybridized carbons (Fsp3) is 0.167. The molecule has 1 aliphatic heterocycles. The van der Waals surface area contributed by atoms with E-state index in [0.29, 0.717) is 17.1 Å². The summed E-state index contributed by atoms with van der Waals surface area (Å²) in [6.45, 7) is 0. The zero-order chi connectivity index (χ0) is 18.0. The molecule has 25 heavy (non-hydrogen) atoms. The Kier molecular flexibility index (Phi) is 4.38. The second kappa shape index (κ2) is 6.64. The number of imide groups is 1. The number of nitrogens with zero attached hydrogens (tertiary/aromatic N) is 1. The molecule has 2 amide bonds. The minimum Gasteiger partial charge on any atom is -0.497 e. The van der Waals surface area contributed by atoms with Crippen LogP contribution in [0.1, 0.15) is 16.8 Å². The van der Waals surface area contributed by atoms with Gasteiger partial charge in [0, 0.05) is 11.8 Å². The summed E-state index contributed by atoms with van der Waals surface area (Å²) in [5.41, 5.74) is 1.12. The van der Waals surface area contributed by atoms with E-state index >= 15 is 0 Å². The van der Waals surface area contributed by atoms with Crippen LogP contribution in [0.3, 0.4) is 0 Å². The Bertz CT molecular complexity index is 832. The molecule has 0 aliphatic carbocycles. The highest BCUT2D eigenvalue weighted by atomic mass is 16.5. The molecule has 0 saturated carbocycles. The van der Waals surface area contributed by atoms with Crippen molar-refractivity contribution in [3.63, 3.8) is 0 Å². The summed E-state index contributed by atoms with van der Waals surface area (Å²) >= 11 is 0. The fourth-order valence-corrected chi connectivity index (χ4v) is 2.68. The topological polar surface area (TPSA) is 95.9 Å². The first-order valence-electron chi connectivity index (χ1n) is 7.60. The minimum absolute atomic E-state index is 0.0245. The predicted octanol–water partition coefficient (Wildman–Crippen LogP) is 2.14. The van der Waals surface area contributed by atoms with Crippen LogP contribution in [-0.2, 0) is 9.59 Å². The third-order valence-electron chi connectivity index (χ3n) is 3.93. The lowest BCUT2D eigenvalue weighted by molar-refractivity contribution is -0.121. The quantitative estimate of drug-likeness (QED) is 0.810. The first kappa shape index (κ1) is 16.5. The predicted molar refractivity (Wildman–Crippen MR) is 90.9 cm³/mol. The second-order valence-electron chi connectivity index (χ2n) is 5.55. The molecule has 1 fully saturated rings. The van der Waals surface area contributed by atoms with Crippen LogP contribution in [0.25, 0.3) is 0 Å². The molecular weight excluding hydrogens is 324 g/mol. The number of amides is 2. The number of aromatic carboxylic acids is 1. The van der Waals surface area contributed by atoms with Gasteiger partial charge in [-0.1, -0.05) is 6.07 Å². The van der Waals surface area contributed by atoms with Crippen molar-refractivity contribution < 1.29 is 24.2 Å². The number of hydrogen-bond acceptors (Lipinski definition) is 5. The van der Waals surface area contributed by atoms with Gasteiger partial charge in [0.15, 0.2) is 0 Å². The monoisotopic (exact) mass is 340 g/mol. The van der Waals surface area contributed by atoms with Crippen LogP contribution >= 0.6 is 0 Å². The number of rotatable bonds is 5. The number of carboxylic acid groups (broad SMARTS) is 1. The van der Waals surface area contributed by atoms with Gasteiger partial charge < -0.3 is 15.2 Å². The van der Waals surface area contributed by atoms with E-state index in [1.54, 1.807) is 31.4 Å². The maximum absolute atomic E-state index is 12.6. The van der Waals surface area contributed by atoms with Gasteiger partial charge in [0.1, 0.15) is 11.8 Å². The van der Waals surface area contributed by atoms with Crippen LogP contribution in [0.15, 0.2) is 48.5 Å². The van der Waals surface area contributed by atoms with Crippen molar-refractivity contribution >= 4 is 29.2 Å². The Balaban J connectivity index is 1.78. The lowest BCUT2D eigenvalue weighted by Crippen LogP contribution is -2.34. The van der Waals surface area contributed by atoms with Crippen LogP contribution in [-0.4, -0.2) is 36.0 Å². The van der Waals surface area contributed by atoms with Gasteiger partial charge in [0.2, 0.25) is 5.91 Å². The largest absolute Gasteiger partial charge is 0.497 e. The van der Waals surface area contributed by atoms with E-state index < -0.39 is 12.0 Å². The summed E-state index contributed by atoms with van der Waals surface area (Å²) in [5.74, 6) is -1.14. The van der Waals surface area contributed by atoms with E-state index in [-0.39, 0.29) is 23.8 Å². The van der Waals surface area contributed by atoms with Gasteiger partial charge in [-0.2, -0.15) is 0 Å². The molecule has 0 spiro atoms. The van der Waals surface area contributed by atoms with E-state index in [1.165, 1.54) is 24.3 Å². The number of nitrogens with one attached hydrogen (secondary N) is 1. The van der Waals surface area contributed by atoms with Gasteiger partial charge in [-0.3, -0.25) is 9.59 Å². The van der Waals surface area contributed by atoms with Gasteiger partial charge in [-0.15, -0.1) is 0 Å². The Morgan fingerprint density at radius 2 is 1.92 bits per heavy atom. The number of ether oxygens (including phenoxy) is 1. The molecule has 1 saturated heterocycles. The molecule has 1 aliphatic rings. The molecule has 128 valence electrons. The maximum Gasteiger partial charge on any atom is 0.335 e. The first-order chi connectivity index (χ1) is 12.0. The maximum atomic E-state index is 12.6. The van der Waals surface area contributed by atoms with E-state index in [0.717, 1.165) is 4.90 Å². The van der Waals surface area contributed by atoms with Crippen LogP contribution in [0.4, 0.5) is 11.4 Å². The van der Waals surface area contributed by atoms with Gasteiger partial charge in [-0.25, -0.2) is 9.69 Å². The molecule has 0 bridgehead atoms. The average Bonchev–Trinajstić information content (AvgIpc) is 2.88. The van der Waals surface area contributed by atoms with Crippen LogP contribution < -0.4 is 15.0 Å². The summed E-state index contributed by atoms with van der Waals surface area (Å²) < 4.78 is 5.14. The highest BCUT2D eigenvalue weighted by molar-refractivity contribution is 6.23. The van der Waals surface area contributed by atoms with E-state index in [2.05, 4.69) is 5.32 Å². The van der Waals surface area contributed by atoms with Gasteiger partial charge in [-0.05, 0) is 36.4 Å². The summed E-state index contributed by atoms with van der Waals surface area (Å²) in [6.07, 6.45) is 0.0245. The Morgan fingerprint density at radius 1 is 1.20 bits per heavy atom. The lowest BCUT2D eigenvalue weighted by Gasteiger charge is -2.16. The smallest absolute Gasteiger partial charge is 0.335 e. The highest BCUT2D eigenvalue weighted by Gasteiger charge is 2.39. The molecule has 3 rings (SSSR count). The molecule has 0 aromatic heterocycles. The summed E-state index contributed by atoms with van der Waals surface area (Å²) in [5, 5.41) is 12.0. The van der Waals surface area contributed by atoms with Crippen molar-refractivity contribution in [2.24, 2.45) is 0 Å². The van der Waals surface area contributed by atoms with Gasteiger partial charge >= 0.3 is 5.97 Å². The molecule has 2 N–H and O–H groups in total. The average molecular weight is 340 g/mol. The standard InChI is InChI=1S/C18H16N2O5/c1-25-14-4-2-3-12(9-14)19-15-10-16(21)20(17(15)22)13-7-5-11(6-8-13)18(23)24/h2-9,15,19H,10H2,1H3,(H,23,24)/t15-/m0/s1. The third kappa shape index (κ3) is 3.30. The lowest BCUT2D eigenvalue weighted by atomic mass is 10.2. The number of benzene rings is 2. The van der Waals surface area contributed by atoms with Crippen LogP contribution in [0.2, 0.25) is 0 Å². The van der Waals surface area contributed by atoms with Gasteiger partial charge in [0.25, 0.3) is 5.91 Å². The fourth-order valence-electron chi connectivity index (χ4n) is 2.68. The second-order valence-corrected chi connectivity index (χ2v) is 5.55. The SMILES string of the molecule is COc1cccc(N[C@H]2CC(=O)N(c3ccc(C(=O)O)cc3)C2=O)c1. The zero-order valence-corrected chi connectivity index (χ0v) is 13.4. The Labute approximate surface area is 143 Å². The van der Waals surface area contributed by atoms with Crippen molar-refractivity contribution in [3.05, 3.63) is 54.1 Å². The highest BCUT2D eigenvalue weighted by Crippen LogP contribution is 2.26. The Hall–Kier alpha value is -3.35. The molecule has 0 unspecified atom stereocenters. The molecule has 0 radical (unpaired) electrons. The molecule has 7 heteroatoms. The van der Waals surface area contributed by atoms with Gasteiger partial charge in [0.05, 0.1) is 24.8 Å².